The fourth-order valence-corrected chi connectivity index (χ4v) is 3.20. The molecule has 0 saturated carbocycles. The van der Waals surface area contributed by atoms with Gasteiger partial charge in [0.15, 0.2) is 11.5 Å². The van der Waals surface area contributed by atoms with Crippen LogP contribution in [0.1, 0.15) is 11.1 Å². The van der Waals surface area contributed by atoms with E-state index in [4.69, 9.17) is 16.3 Å². The second-order valence-corrected chi connectivity index (χ2v) is 6.55. The van der Waals surface area contributed by atoms with Gasteiger partial charge in [0.2, 0.25) is 0 Å². The van der Waals surface area contributed by atoms with Crippen molar-refractivity contribution in [2.45, 2.75) is 19.7 Å². The van der Waals surface area contributed by atoms with E-state index < -0.39 is 6.61 Å². The topological polar surface area (TPSA) is 34.6 Å². The Labute approximate surface area is 161 Å². The van der Waals surface area contributed by atoms with Crippen molar-refractivity contribution in [2.24, 2.45) is 0 Å². The number of ether oxygens (including phenoxy) is 2. The van der Waals surface area contributed by atoms with E-state index in [1.807, 2.05) is 31.3 Å². The average molecular weight is 393 g/mol. The van der Waals surface area contributed by atoms with Gasteiger partial charge in [-0.1, -0.05) is 23.7 Å². The molecule has 0 fully saturated rings. The molecule has 0 atom stereocenters. The first-order valence-electron chi connectivity index (χ1n) is 8.30. The molecular formula is C20H19ClF2N2O2. The number of benzene rings is 2. The summed E-state index contributed by atoms with van der Waals surface area (Å²) in [6, 6.07) is 12.6. The predicted molar refractivity (Wildman–Crippen MR) is 102 cm³/mol. The highest BCUT2D eigenvalue weighted by Gasteiger charge is 2.13. The average Bonchev–Trinajstić information content (AvgIpc) is 2.65. The number of hydrogen-bond donors (Lipinski definition) is 0. The van der Waals surface area contributed by atoms with Crippen LogP contribution >= 0.6 is 11.6 Å². The molecule has 0 unspecified atom stereocenters. The lowest BCUT2D eigenvalue weighted by molar-refractivity contribution is -0.0512. The van der Waals surface area contributed by atoms with Crippen LogP contribution in [-0.4, -0.2) is 30.7 Å². The minimum atomic E-state index is -2.89. The van der Waals surface area contributed by atoms with Crippen LogP contribution in [-0.2, 0) is 13.1 Å². The van der Waals surface area contributed by atoms with Gasteiger partial charge < -0.3 is 9.47 Å². The van der Waals surface area contributed by atoms with E-state index in [0.717, 1.165) is 22.0 Å². The molecule has 3 rings (SSSR count). The smallest absolute Gasteiger partial charge is 0.387 e. The van der Waals surface area contributed by atoms with Crippen LogP contribution in [0.3, 0.4) is 0 Å². The molecule has 27 heavy (non-hydrogen) atoms. The van der Waals surface area contributed by atoms with Crippen molar-refractivity contribution in [2.75, 3.05) is 14.2 Å². The monoisotopic (exact) mass is 392 g/mol. The molecule has 2 aromatic carbocycles. The van der Waals surface area contributed by atoms with Gasteiger partial charge in [-0.25, -0.2) is 0 Å². The molecule has 7 heteroatoms. The summed E-state index contributed by atoms with van der Waals surface area (Å²) in [5.41, 5.74) is 2.85. The lowest BCUT2D eigenvalue weighted by Crippen LogP contribution is -2.17. The van der Waals surface area contributed by atoms with Crippen LogP contribution in [0.15, 0.2) is 48.7 Å². The highest BCUT2D eigenvalue weighted by molar-refractivity contribution is 6.35. The van der Waals surface area contributed by atoms with Crippen LogP contribution in [0.2, 0.25) is 5.02 Å². The molecule has 142 valence electrons. The number of halogens is 3. The van der Waals surface area contributed by atoms with Crippen LogP contribution in [0.25, 0.3) is 10.9 Å². The molecule has 0 radical (unpaired) electrons. The zero-order chi connectivity index (χ0) is 19.4. The molecule has 0 aliphatic rings. The Kier molecular flexibility index (Phi) is 6.08. The van der Waals surface area contributed by atoms with Crippen LogP contribution < -0.4 is 9.47 Å². The van der Waals surface area contributed by atoms with Crippen molar-refractivity contribution in [3.63, 3.8) is 0 Å². The quantitative estimate of drug-likeness (QED) is 0.558. The van der Waals surface area contributed by atoms with E-state index in [1.54, 1.807) is 18.3 Å². The molecule has 3 aromatic rings. The lowest BCUT2D eigenvalue weighted by Gasteiger charge is -2.19. The van der Waals surface area contributed by atoms with E-state index in [2.05, 4.69) is 14.6 Å². The molecule has 0 N–H and O–H groups in total. The van der Waals surface area contributed by atoms with Gasteiger partial charge in [0, 0.05) is 29.7 Å². The first kappa shape index (κ1) is 19.3. The molecule has 0 aliphatic carbocycles. The Morgan fingerprint density at radius 1 is 1.11 bits per heavy atom. The summed E-state index contributed by atoms with van der Waals surface area (Å²) >= 11 is 6.25. The summed E-state index contributed by atoms with van der Waals surface area (Å²) < 4.78 is 34.5. The number of pyridine rings is 1. The molecule has 4 nitrogen and oxygen atoms in total. The minimum absolute atomic E-state index is 0.0202. The van der Waals surface area contributed by atoms with Crippen molar-refractivity contribution >= 4 is 22.5 Å². The van der Waals surface area contributed by atoms with Crippen LogP contribution in [0.5, 0.6) is 11.5 Å². The molecule has 0 saturated heterocycles. The van der Waals surface area contributed by atoms with E-state index in [1.165, 1.54) is 13.2 Å². The van der Waals surface area contributed by atoms with Crippen molar-refractivity contribution < 1.29 is 18.3 Å². The third kappa shape index (κ3) is 4.64. The normalized spacial score (nSPS) is 11.4. The standard InChI is InChI=1S/C20H19ClF2N2O2/c1-25(11-13-5-8-17(27-20(22)23)18(10-13)26-2)12-14-6-7-16(21)15-4-3-9-24-19(14)15/h3-10,20H,11-12H2,1-2H3. The Hall–Kier alpha value is -2.44. The van der Waals surface area contributed by atoms with Gasteiger partial charge in [-0.3, -0.25) is 9.88 Å². The summed E-state index contributed by atoms with van der Waals surface area (Å²) in [5.74, 6) is 0.298. The van der Waals surface area contributed by atoms with Crippen LogP contribution in [0, 0.1) is 0 Å². The second-order valence-electron chi connectivity index (χ2n) is 6.14. The van der Waals surface area contributed by atoms with Crippen LogP contribution in [0.4, 0.5) is 8.78 Å². The summed E-state index contributed by atoms with van der Waals surface area (Å²) in [4.78, 5) is 6.55. The Morgan fingerprint density at radius 2 is 1.93 bits per heavy atom. The molecular weight excluding hydrogens is 374 g/mol. The van der Waals surface area contributed by atoms with Crippen molar-refractivity contribution in [1.82, 2.24) is 9.88 Å². The highest BCUT2D eigenvalue weighted by atomic mass is 35.5. The SMILES string of the molecule is COc1cc(CN(C)Cc2ccc(Cl)c3cccnc23)ccc1OC(F)F. The summed E-state index contributed by atoms with van der Waals surface area (Å²) in [6.07, 6.45) is 1.74. The molecule has 0 bridgehead atoms. The van der Waals surface area contributed by atoms with Gasteiger partial charge in [-0.05, 0) is 48.5 Å². The van der Waals surface area contributed by atoms with Gasteiger partial charge in [0.05, 0.1) is 12.6 Å². The fourth-order valence-electron chi connectivity index (χ4n) is 2.99. The van der Waals surface area contributed by atoms with Crippen molar-refractivity contribution in [1.29, 1.82) is 0 Å². The number of fused-ring (bicyclic) bond motifs is 1. The number of nitrogens with zero attached hydrogens (tertiary/aromatic N) is 2. The first-order chi connectivity index (χ1) is 13.0. The maximum absolute atomic E-state index is 12.4. The van der Waals surface area contributed by atoms with E-state index in [0.29, 0.717) is 18.1 Å². The predicted octanol–water partition coefficient (Wildman–Crippen LogP) is 5.13. The third-order valence-electron chi connectivity index (χ3n) is 4.14. The number of aromatic nitrogens is 1. The third-order valence-corrected chi connectivity index (χ3v) is 4.47. The first-order valence-corrected chi connectivity index (χ1v) is 8.68. The molecule has 1 aromatic heterocycles. The maximum Gasteiger partial charge on any atom is 0.387 e. The zero-order valence-corrected chi connectivity index (χ0v) is 15.7. The van der Waals surface area contributed by atoms with E-state index in [9.17, 15) is 8.78 Å². The van der Waals surface area contributed by atoms with Gasteiger partial charge in [-0.15, -0.1) is 0 Å². The summed E-state index contributed by atoms with van der Waals surface area (Å²) in [5, 5.41) is 1.59. The Morgan fingerprint density at radius 3 is 2.67 bits per heavy atom. The largest absolute Gasteiger partial charge is 0.493 e. The number of alkyl halides is 2. The summed E-state index contributed by atoms with van der Waals surface area (Å²) in [6.45, 7) is -1.64. The molecule has 0 amide bonds. The maximum atomic E-state index is 12.4. The van der Waals surface area contributed by atoms with E-state index >= 15 is 0 Å². The Bertz CT molecular complexity index is 937. The van der Waals surface area contributed by atoms with Gasteiger partial charge >= 0.3 is 6.61 Å². The van der Waals surface area contributed by atoms with Crippen molar-refractivity contribution in [3.8, 4) is 11.5 Å². The highest BCUT2D eigenvalue weighted by Crippen LogP contribution is 2.30. The van der Waals surface area contributed by atoms with Gasteiger partial charge in [-0.2, -0.15) is 8.78 Å². The van der Waals surface area contributed by atoms with E-state index in [-0.39, 0.29) is 11.5 Å². The zero-order valence-electron chi connectivity index (χ0n) is 15.0. The van der Waals surface area contributed by atoms with Gasteiger partial charge in [0.25, 0.3) is 0 Å². The second kappa shape index (κ2) is 8.50. The lowest BCUT2D eigenvalue weighted by atomic mass is 10.1. The molecule has 0 aliphatic heterocycles. The van der Waals surface area contributed by atoms with Crippen molar-refractivity contribution in [3.05, 3.63) is 64.8 Å². The molecule has 0 spiro atoms. The number of methoxy groups -OCH3 is 1. The minimum Gasteiger partial charge on any atom is -0.493 e. The Balaban J connectivity index is 1.77. The molecule has 1 heterocycles. The number of hydrogen-bond acceptors (Lipinski definition) is 4. The summed E-state index contributed by atoms with van der Waals surface area (Å²) in [7, 11) is 3.39. The number of rotatable bonds is 7. The fraction of sp³-hybridized carbons (Fsp3) is 0.250. The van der Waals surface area contributed by atoms with Gasteiger partial charge in [0.1, 0.15) is 0 Å².